The Labute approximate surface area is 125 Å². The lowest BCUT2D eigenvalue weighted by Crippen LogP contribution is -1.92. The van der Waals surface area contributed by atoms with Crippen LogP contribution in [0.15, 0.2) is 36.4 Å². The molecule has 0 aliphatic rings. The number of nitriles is 1. The van der Waals surface area contributed by atoms with Gasteiger partial charge in [-0.1, -0.05) is 0 Å². The number of nitrogens with one attached hydrogen (secondary N) is 1. The van der Waals surface area contributed by atoms with Crippen molar-refractivity contribution in [3.8, 4) is 23.1 Å². The number of benzene rings is 2. The average molecular weight is 294 g/mol. The molecule has 0 radical (unpaired) electrons. The summed E-state index contributed by atoms with van der Waals surface area (Å²) in [7, 11) is 1.48. The van der Waals surface area contributed by atoms with E-state index in [0.29, 0.717) is 45.3 Å². The number of aromatic amines is 1. The summed E-state index contributed by atoms with van der Waals surface area (Å²) in [6.07, 6.45) is 0.694. The van der Waals surface area contributed by atoms with E-state index in [-0.39, 0.29) is 0 Å². The first-order chi connectivity index (χ1) is 10.7. The number of halogens is 1. The van der Waals surface area contributed by atoms with Crippen LogP contribution in [0.1, 0.15) is 15.9 Å². The molecule has 3 aromatic rings. The highest BCUT2D eigenvalue weighted by molar-refractivity contribution is 6.05. The zero-order valence-electron chi connectivity index (χ0n) is 11.7. The second kappa shape index (κ2) is 5.34. The molecule has 0 atom stereocenters. The van der Waals surface area contributed by atoms with Gasteiger partial charge in [-0.2, -0.15) is 5.26 Å². The zero-order valence-corrected chi connectivity index (χ0v) is 11.7. The van der Waals surface area contributed by atoms with E-state index in [0.717, 1.165) is 0 Å². The maximum Gasteiger partial charge on any atom is 0.152 e. The number of nitrogens with zero attached hydrogens (tertiary/aromatic N) is 1. The van der Waals surface area contributed by atoms with Crippen molar-refractivity contribution in [3.63, 3.8) is 0 Å². The van der Waals surface area contributed by atoms with Gasteiger partial charge in [0.1, 0.15) is 11.6 Å². The molecule has 4 nitrogen and oxygen atoms in total. The zero-order chi connectivity index (χ0) is 15.7. The van der Waals surface area contributed by atoms with Crippen molar-refractivity contribution in [1.29, 1.82) is 5.26 Å². The first kappa shape index (κ1) is 13.8. The van der Waals surface area contributed by atoms with Crippen LogP contribution < -0.4 is 4.74 Å². The Balaban J connectivity index is 2.34. The Morgan fingerprint density at radius 2 is 2.09 bits per heavy atom. The van der Waals surface area contributed by atoms with Gasteiger partial charge in [0.15, 0.2) is 6.29 Å². The summed E-state index contributed by atoms with van der Waals surface area (Å²) in [5.41, 5.74) is 2.45. The molecule has 1 heterocycles. The second-order valence-electron chi connectivity index (χ2n) is 4.75. The normalized spacial score (nSPS) is 10.4. The van der Waals surface area contributed by atoms with Crippen molar-refractivity contribution in [2.45, 2.75) is 0 Å². The maximum absolute atomic E-state index is 13.6. The van der Waals surface area contributed by atoms with Crippen LogP contribution in [-0.4, -0.2) is 18.4 Å². The fraction of sp³-hybridized carbons (Fsp3) is 0.0588. The molecule has 0 amide bonds. The third-order valence-corrected chi connectivity index (χ3v) is 3.52. The Morgan fingerprint density at radius 1 is 1.27 bits per heavy atom. The molecule has 1 N–H and O–H groups in total. The lowest BCUT2D eigenvalue weighted by atomic mass is 10.0. The molecule has 0 unspecified atom stereocenters. The molecule has 22 heavy (non-hydrogen) atoms. The highest BCUT2D eigenvalue weighted by Gasteiger charge is 2.17. The molecular formula is C17H11FN2O2. The Bertz CT molecular complexity index is 922. The number of aldehydes is 1. The van der Waals surface area contributed by atoms with Gasteiger partial charge in [-0.15, -0.1) is 0 Å². The number of hydrogen-bond donors (Lipinski definition) is 1. The standard InChI is InChI=1S/C17H11FN2O2/c1-22-16-5-3-11(18)7-13(16)17-14(9-21)12-6-10(8-19)2-4-15(12)20-17/h2-7,9,20H,1H3. The number of hydrogen-bond acceptors (Lipinski definition) is 3. The number of rotatable bonds is 3. The third kappa shape index (κ3) is 2.11. The van der Waals surface area contributed by atoms with Crippen LogP contribution in [0.3, 0.4) is 0 Å². The van der Waals surface area contributed by atoms with Crippen LogP contribution in [0, 0.1) is 17.1 Å². The number of fused-ring (bicyclic) bond motifs is 1. The van der Waals surface area contributed by atoms with Crippen molar-refractivity contribution < 1.29 is 13.9 Å². The van der Waals surface area contributed by atoms with E-state index in [1.807, 2.05) is 6.07 Å². The van der Waals surface area contributed by atoms with Crippen LogP contribution in [-0.2, 0) is 0 Å². The molecule has 0 spiro atoms. The molecular weight excluding hydrogens is 283 g/mol. The molecule has 3 rings (SSSR count). The topological polar surface area (TPSA) is 65.9 Å². The van der Waals surface area contributed by atoms with Gasteiger partial charge >= 0.3 is 0 Å². The first-order valence-corrected chi connectivity index (χ1v) is 6.53. The molecule has 5 heteroatoms. The van der Waals surface area contributed by atoms with Gasteiger partial charge in [-0.25, -0.2) is 4.39 Å². The smallest absolute Gasteiger partial charge is 0.152 e. The van der Waals surface area contributed by atoms with Crippen LogP contribution in [0.5, 0.6) is 5.75 Å². The average Bonchev–Trinajstić information content (AvgIpc) is 2.92. The SMILES string of the molecule is COc1ccc(F)cc1-c1[nH]c2ccc(C#N)cc2c1C=O. The number of methoxy groups -OCH3 is 1. The largest absolute Gasteiger partial charge is 0.496 e. The second-order valence-corrected chi connectivity index (χ2v) is 4.75. The molecule has 0 fully saturated rings. The fourth-order valence-corrected chi connectivity index (χ4v) is 2.49. The lowest BCUT2D eigenvalue weighted by molar-refractivity contribution is 0.112. The van der Waals surface area contributed by atoms with Crippen molar-refractivity contribution in [1.82, 2.24) is 4.98 Å². The van der Waals surface area contributed by atoms with Crippen molar-refractivity contribution in [2.24, 2.45) is 0 Å². The number of H-pyrrole nitrogens is 1. The van der Waals surface area contributed by atoms with Gasteiger partial charge < -0.3 is 9.72 Å². The van der Waals surface area contributed by atoms with E-state index >= 15 is 0 Å². The minimum absolute atomic E-state index is 0.371. The number of ether oxygens (including phenoxy) is 1. The number of aromatic nitrogens is 1. The minimum atomic E-state index is -0.427. The molecule has 0 aliphatic heterocycles. The van der Waals surface area contributed by atoms with Gasteiger partial charge in [-0.3, -0.25) is 4.79 Å². The van der Waals surface area contributed by atoms with Gasteiger partial charge in [0.05, 0.1) is 24.4 Å². The Hall–Kier alpha value is -3.13. The monoisotopic (exact) mass is 294 g/mol. The Kier molecular flexibility index (Phi) is 3.36. The predicted octanol–water partition coefficient (Wildman–Crippen LogP) is 3.67. The van der Waals surface area contributed by atoms with E-state index in [1.54, 1.807) is 18.2 Å². The van der Waals surface area contributed by atoms with Gasteiger partial charge in [0.2, 0.25) is 0 Å². The lowest BCUT2D eigenvalue weighted by Gasteiger charge is -2.07. The molecule has 0 saturated carbocycles. The highest BCUT2D eigenvalue weighted by Crippen LogP contribution is 2.35. The summed E-state index contributed by atoms with van der Waals surface area (Å²) in [5, 5.41) is 9.61. The van der Waals surface area contributed by atoms with E-state index in [4.69, 9.17) is 10.00 Å². The highest BCUT2D eigenvalue weighted by atomic mass is 19.1. The molecule has 0 bridgehead atoms. The van der Waals surface area contributed by atoms with Crippen LogP contribution >= 0.6 is 0 Å². The molecule has 0 saturated heterocycles. The summed E-state index contributed by atoms with van der Waals surface area (Å²) in [4.78, 5) is 14.6. The maximum atomic E-state index is 13.6. The molecule has 1 aromatic heterocycles. The summed E-state index contributed by atoms with van der Waals surface area (Å²) in [6, 6.07) is 11.1. The fourth-order valence-electron chi connectivity index (χ4n) is 2.49. The van der Waals surface area contributed by atoms with E-state index in [9.17, 15) is 9.18 Å². The van der Waals surface area contributed by atoms with Crippen LogP contribution in [0.4, 0.5) is 4.39 Å². The number of carbonyl (C=O) groups is 1. The van der Waals surface area contributed by atoms with Crippen molar-refractivity contribution in [3.05, 3.63) is 53.3 Å². The molecule has 2 aromatic carbocycles. The summed E-state index contributed by atoms with van der Waals surface area (Å²) >= 11 is 0. The van der Waals surface area contributed by atoms with Gasteiger partial charge in [0.25, 0.3) is 0 Å². The van der Waals surface area contributed by atoms with E-state index in [2.05, 4.69) is 4.98 Å². The Morgan fingerprint density at radius 3 is 2.77 bits per heavy atom. The molecule has 0 aliphatic carbocycles. The van der Waals surface area contributed by atoms with Crippen molar-refractivity contribution in [2.75, 3.05) is 7.11 Å². The first-order valence-electron chi connectivity index (χ1n) is 6.53. The summed E-state index contributed by atoms with van der Waals surface area (Å²) in [5.74, 6) is 0.0283. The molecule has 108 valence electrons. The quantitative estimate of drug-likeness (QED) is 0.749. The van der Waals surface area contributed by atoms with Gasteiger partial charge in [-0.05, 0) is 36.4 Å². The van der Waals surface area contributed by atoms with Gasteiger partial charge in [0, 0.05) is 22.0 Å². The predicted molar refractivity (Wildman–Crippen MR) is 80.3 cm³/mol. The van der Waals surface area contributed by atoms with E-state index in [1.165, 1.54) is 25.3 Å². The number of carbonyl (C=O) groups excluding carboxylic acids is 1. The van der Waals surface area contributed by atoms with E-state index < -0.39 is 5.82 Å². The van der Waals surface area contributed by atoms with Crippen LogP contribution in [0.2, 0.25) is 0 Å². The van der Waals surface area contributed by atoms with Crippen molar-refractivity contribution >= 4 is 17.2 Å². The summed E-state index contributed by atoms with van der Waals surface area (Å²) in [6.45, 7) is 0. The summed E-state index contributed by atoms with van der Waals surface area (Å²) < 4.78 is 18.8. The van der Waals surface area contributed by atoms with Crippen LogP contribution in [0.25, 0.3) is 22.2 Å². The minimum Gasteiger partial charge on any atom is -0.496 e. The third-order valence-electron chi connectivity index (χ3n) is 3.52.